The molecule has 0 saturated carbocycles. The molecule has 0 spiro atoms. The van der Waals surface area contributed by atoms with Gasteiger partial charge in [0.05, 0.1) is 132 Å². The minimum Gasteiger partial charge on any atom is -0.308 e. The maximum absolute atomic E-state index is 12.0. The molecule has 3 heterocycles. The van der Waals surface area contributed by atoms with Gasteiger partial charge >= 0.3 is 0 Å². The molecule has 81 heavy (non-hydrogen) atoms. The number of hydrogen-bond donors (Lipinski definition) is 0. The molecular weight excluding hydrogens is 997 g/mol. The van der Waals surface area contributed by atoms with E-state index in [0.717, 1.165) is 27.2 Å². The van der Waals surface area contributed by atoms with Crippen LogP contribution in [0.2, 0.25) is 0 Å². The van der Waals surface area contributed by atoms with Crippen molar-refractivity contribution in [3.63, 3.8) is 0 Å². The van der Waals surface area contributed by atoms with Gasteiger partial charge in [0.25, 0.3) is 0 Å². The predicted octanol–water partition coefficient (Wildman–Crippen LogP) is 14.8. The van der Waals surface area contributed by atoms with E-state index in [0.29, 0.717) is 134 Å². The third-order valence-corrected chi connectivity index (χ3v) is 14.5. The fraction of sp³-hybridized carbons (Fsp3) is 0.0145. The number of nitriles is 9. The first-order valence-corrected chi connectivity index (χ1v) is 25.1. The zero-order valence-corrected chi connectivity index (χ0v) is 42.6. The monoisotopic (exact) mass is 1030 g/mol. The van der Waals surface area contributed by atoms with E-state index in [1.54, 1.807) is 48.5 Å². The van der Waals surface area contributed by atoms with Crippen molar-refractivity contribution >= 4 is 43.6 Å². The Kier molecular flexibility index (Phi) is 11.9. The molecule has 0 unspecified atom stereocenters. The maximum Gasteiger partial charge on any atom is 0.104 e. The Hall–Kier alpha value is -12.9. The lowest BCUT2D eigenvalue weighted by Crippen LogP contribution is -2.06. The number of hydrogen-bond acceptors (Lipinski definition) is 10. The van der Waals surface area contributed by atoms with Gasteiger partial charge < -0.3 is 9.13 Å². The van der Waals surface area contributed by atoms with E-state index in [9.17, 15) is 47.4 Å². The van der Waals surface area contributed by atoms with Crippen molar-refractivity contribution in [2.75, 3.05) is 0 Å². The highest BCUT2D eigenvalue weighted by Gasteiger charge is 2.25. The van der Waals surface area contributed by atoms with Gasteiger partial charge in [0.1, 0.15) is 11.6 Å². The summed E-state index contributed by atoms with van der Waals surface area (Å²) in [6.07, 6.45) is 0. The van der Waals surface area contributed by atoms with Gasteiger partial charge in [0.15, 0.2) is 0 Å². The van der Waals surface area contributed by atoms with Gasteiger partial charge in [-0.3, -0.25) is 4.98 Å². The van der Waals surface area contributed by atoms with Crippen molar-refractivity contribution in [1.29, 1.82) is 47.4 Å². The second-order valence-corrected chi connectivity index (χ2v) is 19.4. The molecule has 0 aliphatic rings. The van der Waals surface area contributed by atoms with Crippen LogP contribution in [0.5, 0.6) is 0 Å². The molecule has 0 saturated heterocycles. The standard InChI is InChI=1S/C69H32N12/c1-40-3-2-4-63(79-40)57-29-68(80-64-25-49(53-17-41(31-70)13-42(18-53)32-71)5-9-58(64)59-10-6-50(26-65(59)80)54-19-43(33-72)14-44(20-54)34-73)62(39-78)69(30-57)81-66-27-51(55-21-45(35-74)15-46(22-55)36-75)7-11-60(66)61-12-8-52(28-67(61)81)56-23-47(37-76)16-48(24-56)38-77/h2-30H,1H3. The minimum absolute atomic E-state index is 0.239. The van der Waals surface area contributed by atoms with E-state index in [1.165, 1.54) is 24.3 Å². The molecule has 0 fully saturated rings. The Balaban J connectivity index is 1.24. The molecule has 0 amide bonds. The van der Waals surface area contributed by atoms with E-state index >= 15 is 0 Å². The summed E-state index contributed by atoms with van der Waals surface area (Å²) in [5.41, 5.74) is 13.6. The van der Waals surface area contributed by atoms with Gasteiger partial charge in [0.2, 0.25) is 0 Å². The van der Waals surface area contributed by atoms with E-state index in [-0.39, 0.29) is 5.56 Å². The Morgan fingerprint density at radius 3 is 0.815 bits per heavy atom. The number of aromatic nitrogens is 3. The highest BCUT2D eigenvalue weighted by Crippen LogP contribution is 2.44. The molecule has 12 rings (SSSR count). The molecule has 0 N–H and O–H groups in total. The molecule has 0 aliphatic heterocycles. The van der Waals surface area contributed by atoms with Crippen LogP contribution >= 0.6 is 0 Å². The van der Waals surface area contributed by atoms with Crippen molar-refractivity contribution in [3.8, 4) is 122 Å². The van der Waals surface area contributed by atoms with Crippen molar-refractivity contribution < 1.29 is 0 Å². The third kappa shape index (κ3) is 8.49. The van der Waals surface area contributed by atoms with Gasteiger partial charge in [-0.1, -0.05) is 54.6 Å². The van der Waals surface area contributed by atoms with Crippen LogP contribution in [0.25, 0.3) is 111 Å². The average Bonchev–Trinajstić information content (AvgIpc) is 4.18. The summed E-state index contributed by atoms with van der Waals surface area (Å²) in [7, 11) is 0. The Morgan fingerprint density at radius 1 is 0.284 bits per heavy atom. The first-order chi connectivity index (χ1) is 39.5. The van der Waals surface area contributed by atoms with Gasteiger partial charge in [-0.25, -0.2) is 0 Å². The molecular formula is C69H32N12. The quantitative estimate of drug-likeness (QED) is 0.146. The summed E-state index contributed by atoms with van der Waals surface area (Å²) < 4.78 is 4.05. The van der Waals surface area contributed by atoms with Crippen LogP contribution in [0, 0.1) is 109 Å². The lowest BCUT2D eigenvalue weighted by Gasteiger charge is -2.19. The number of aryl methyl sites for hydroxylation is 1. The Bertz CT molecular complexity index is 4510. The number of nitrogens with zero attached hydrogens (tertiary/aromatic N) is 12. The largest absolute Gasteiger partial charge is 0.308 e. The average molecular weight is 1030 g/mol. The zero-order chi connectivity index (χ0) is 56.1. The van der Waals surface area contributed by atoms with E-state index in [1.807, 2.05) is 119 Å². The smallest absolute Gasteiger partial charge is 0.104 e. The van der Waals surface area contributed by atoms with E-state index in [2.05, 4.69) is 54.6 Å². The van der Waals surface area contributed by atoms with Crippen molar-refractivity contribution in [3.05, 3.63) is 232 Å². The number of rotatable bonds is 7. The van der Waals surface area contributed by atoms with Crippen LogP contribution < -0.4 is 0 Å². The molecule has 12 aromatic rings. The molecule has 12 heteroatoms. The summed E-state index contributed by atoms with van der Waals surface area (Å²) in [5.74, 6) is 0. The summed E-state index contributed by atoms with van der Waals surface area (Å²) in [6, 6.07) is 73.2. The van der Waals surface area contributed by atoms with Crippen LogP contribution in [-0.4, -0.2) is 14.1 Å². The van der Waals surface area contributed by atoms with Gasteiger partial charge in [-0.05, 0) is 173 Å². The summed E-state index contributed by atoms with van der Waals surface area (Å²) in [6.45, 7) is 1.90. The van der Waals surface area contributed by atoms with Gasteiger partial charge in [-0.2, -0.15) is 47.4 Å². The van der Waals surface area contributed by atoms with Crippen molar-refractivity contribution in [1.82, 2.24) is 14.1 Å². The van der Waals surface area contributed by atoms with Crippen LogP contribution in [0.1, 0.15) is 55.8 Å². The van der Waals surface area contributed by atoms with Gasteiger partial charge in [0, 0.05) is 32.8 Å². The molecule has 368 valence electrons. The minimum atomic E-state index is 0.239. The van der Waals surface area contributed by atoms with E-state index < -0.39 is 0 Å². The van der Waals surface area contributed by atoms with Crippen LogP contribution in [0.3, 0.4) is 0 Å². The zero-order valence-electron chi connectivity index (χ0n) is 42.6. The molecule has 3 aromatic heterocycles. The van der Waals surface area contributed by atoms with Crippen molar-refractivity contribution in [2.45, 2.75) is 6.92 Å². The molecule has 0 bridgehead atoms. The summed E-state index contributed by atoms with van der Waals surface area (Å²) >= 11 is 0. The number of benzene rings is 9. The lowest BCUT2D eigenvalue weighted by molar-refractivity contribution is 1.11. The summed E-state index contributed by atoms with van der Waals surface area (Å²) in [4.78, 5) is 5.03. The maximum atomic E-state index is 12.0. The Morgan fingerprint density at radius 2 is 0.568 bits per heavy atom. The first-order valence-electron chi connectivity index (χ1n) is 25.1. The second-order valence-electron chi connectivity index (χ2n) is 19.4. The predicted molar refractivity (Wildman–Crippen MR) is 307 cm³/mol. The highest BCUT2D eigenvalue weighted by atomic mass is 15.0. The van der Waals surface area contributed by atoms with Gasteiger partial charge in [-0.15, -0.1) is 0 Å². The topological polar surface area (TPSA) is 237 Å². The third-order valence-electron chi connectivity index (χ3n) is 14.5. The lowest BCUT2D eigenvalue weighted by atomic mass is 9.98. The normalized spacial score (nSPS) is 10.7. The molecule has 12 nitrogen and oxygen atoms in total. The fourth-order valence-electron chi connectivity index (χ4n) is 10.9. The fourth-order valence-corrected chi connectivity index (χ4v) is 10.9. The van der Waals surface area contributed by atoms with Crippen LogP contribution in [0.15, 0.2) is 176 Å². The summed E-state index contributed by atoms with van der Waals surface area (Å²) in [5, 5.41) is 95.7. The number of pyridine rings is 1. The van der Waals surface area contributed by atoms with Crippen LogP contribution in [-0.2, 0) is 0 Å². The second kappa shape index (κ2) is 19.7. The molecule has 0 aliphatic carbocycles. The van der Waals surface area contributed by atoms with E-state index in [4.69, 9.17) is 4.98 Å². The molecule has 0 atom stereocenters. The molecule has 0 radical (unpaired) electrons. The first kappa shape index (κ1) is 49.0. The SMILES string of the molecule is Cc1cccc(-c2cc(-n3c4cc(-c5cc(C#N)cc(C#N)c5)ccc4c4ccc(-c5cc(C#N)cc(C#N)c5)cc43)c(C#N)c(-n3c4cc(-c5cc(C#N)cc(C#N)c5)ccc4c4ccc(-c5cc(C#N)cc(C#N)c5)cc43)c2)n1. The highest BCUT2D eigenvalue weighted by molar-refractivity contribution is 6.13. The Labute approximate surface area is 463 Å². The number of fused-ring (bicyclic) bond motifs is 6. The van der Waals surface area contributed by atoms with Crippen molar-refractivity contribution in [2.24, 2.45) is 0 Å². The van der Waals surface area contributed by atoms with Crippen LogP contribution in [0.4, 0.5) is 0 Å². The molecule has 9 aromatic carbocycles.